The van der Waals surface area contributed by atoms with Gasteiger partial charge in [-0.25, -0.2) is 15.0 Å². The summed E-state index contributed by atoms with van der Waals surface area (Å²) >= 11 is 0. The first kappa shape index (κ1) is 28.1. The number of nitro groups is 2. The Morgan fingerprint density at radius 2 is 1.36 bits per heavy atom. The number of methoxy groups -OCH3 is 2. The Kier molecular flexibility index (Phi) is 10.2. The molecule has 0 fully saturated rings. The smallest absolute Gasteiger partial charge is 0.461 e. The van der Waals surface area contributed by atoms with E-state index in [9.17, 15) is 29.8 Å². The second-order valence-electron chi connectivity index (χ2n) is 6.51. The summed E-state index contributed by atoms with van der Waals surface area (Å²) < 4.78 is 19.1. The van der Waals surface area contributed by atoms with Crippen LogP contribution in [0.25, 0.3) is 0 Å². The number of benzene rings is 2. The summed E-state index contributed by atoms with van der Waals surface area (Å²) in [7, 11) is 4.65. The fourth-order valence-electron chi connectivity index (χ4n) is 2.49. The highest BCUT2D eigenvalue weighted by molar-refractivity contribution is 8.76. The molecule has 0 saturated heterocycles. The van der Waals surface area contributed by atoms with Gasteiger partial charge in [0, 0.05) is 21.9 Å². The number of nitrogens with zero attached hydrogens (tertiary/aromatic N) is 2. The van der Waals surface area contributed by atoms with E-state index >= 15 is 0 Å². The zero-order chi connectivity index (χ0) is 26.8. The number of carbonyl (C=O) groups excluding carboxylic acids is 2. The van der Waals surface area contributed by atoms with Gasteiger partial charge in [-0.05, 0) is 24.3 Å². The lowest BCUT2D eigenvalue weighted by atomic mass is 10.2. The van der Waals surface area contributed by atoms with Gasteiger partial charge in [0.15, 0.2) is 0 Å². The fourth-order valence-corrected chi connectivity index (χ4v) is 4.46. The van der Waals surface area contributed by atoms with E-state index in [0.29, 0.717) is 9.79 Å². The molecule has 0 heterocycles. The summed E-state index contributed by atoms with van der Waals surface area (Å²) in [6.07, 6.45) is -0.478. The van der Waals surface area contributed by atoms with Crippen LogP contribution in [0.1, 0.15) is 27.1 Å². The molecular weight excluding hydrogens is 520 g/mol. The van der Waals surface area contributed by atoms with Crippen molar-refractivity contribution in [1.29, 1.82) is 0 Å². The maximum Gasteiger partial charge on any atom is 0.553 e. The average molecular weight is 541 g/mol. The largest absolute Gasteiger partial charge is 0.553 e. The Morgan fingerprint density at radius 1 is 0.861 bits per heavy atom. The molecule has 4 N–H and O–H groups in total. The van der Waals surface area contributed by atoms with E-state index in [0.717, 1.165) is 40.8 Å². The lowest BCUT2D eigenvalue weighted by molar-refractivity contribution is -0.385. The second-order valence-corrected chi connectivity index (χ2v) is 8.78. The van der Waals surface area contributed by atoms with Crippen LogP contribution in [-0.2, 0) is 18.9 Å². The second kappa shape index (κ2) is 13.1. The summed E-state index contributed by atoms with van der Waals surface area (Å²) in [4.78, 5) is 46.7. The van der Waals surface area contributed by atoms with Crippen molar-refractivity contribution in [3.63, 3.8) is 0 Å². The monoisotopic (exact) mass is 540 g/mol. The Balaban J connectivity index is 2.23. The van der Waals surface area contributed by atoms with Gasteiger partial charge in [-0.3, -0.25) is 20.2 Å². The topological polar surface area (TPSA) is 209 Å². The minimum Gasteiger partial charge on any atom is -0.461 e. The van der Waals surface area contributed by atoms with Gasteiger partial charge in [0.25, 0.3) is 11.4 Å². The van der Waals surface area contributed by atoms with Crippen molar-refractivity contribution in [2.24, 2.45) is 0 Å². The normalized spacial score (nSPS) is 10.2. The Bertz CT molecular complexity index is 1220. The van der Waals surface area contributed by atoms with E-state index in [1.165, 1.54) is 31.4 Å². The molecule has 2 aromatic rings. The Morgan fingerprint density at radius 3 is 1.81 bits per heavy atom. The fraction of sp³-hybridized carbons (Fsp3) is 0.200. The molecule has 0 aromatic heterocycles. The number of carbonyl (C=O) groups is 2. The third-order valence-corrected chi connectivity index (χ3v) is 6.62. The van der Waals surface area contributed by atoms with Crippen LogP contribution in [0.5, 0.6) is 0 Å². The van der Waals surface area contributed by atoms with Gasteiger partial charge < -0.3 is 18.9 Å². The predicted molar refractivity (Wildman–Crippen MR) is 126 cm³/mol. The van der Waals surface area contributed by atoms with Crippen molar-refractivity contribution >= 4 is 56.9 Å². The van der Waals surface area contributed by atoms with Gasteiger partial charge in [-0.1, -0.05) is 21.6 Å². The summed E-state index contributed by atoms with van der Waals surface area (Å²) in [6.45, 7) is -0.144. The lowest BCUT2D eigenvalue weighted by Crippen LogP contribution is -2.43. The first-order valence-corrected chi connectivity index (χ1v) is 11.8. The molecule has 36 heavy (non-hydrogen) atoms. The van der Waals surface area contributed by atoms with Gasteiger partial charge in [0.2, 0.25) is 0 Å². The van der Waals surface area contributed by atoms with Crippen LogP contribution in [0.3, 0.4) is 0 Å². The van der Waals surface area contributed by atoms with E-state index in [2.05, 4.69) is 4.74 Å². The molecular formula is C20H20N4O10S2+2. The number of ether oxygens (including phenoxy) is 4. The van der Waals surface area contributed by atoms with Crippen LogP contribution < -0.4 is 10.8 Å². The van der Waals surface area contributed by atoms with Gasteiger partial charge in [0.05, 0.1) is 24.1 Å². The molecule has 0 bridgehead atoms. The van der Waals surface area contributed by atoms with Crippen LogP contribution in [0.2, 0.25) is 0 Å². The highest BCUT2D eigenvalue weighted by atomic mass is 33.1. The molecule has 0 saturated carbocycles. The molecule has 16 heteroatoms. The number of rotatable bonds is 10. The molecule has 0 aliphatic carbocycles. The molecule has 2 aromatic carbocycles. The van der Waals surface area contributed by atoms with Crippen molar-refractivity contribution < 1.29 is 49.2 Å². The molecule has 14 nitrogen and oxygen atoms in total. The van der Waals surface area contributed by atoms with E-state index in [1.54, 1.807) is 0 Å². The van der Waals surface area contributed by atoms with Crippen LogP contribution >= 0.6 is 21.6 Å². The molecule has 0 aliphatic heterocycles. The van der Waals surface area contributed by atoms with Crippen molar-refractivity contribution in [1.82, 2.24) is 0 Å². The molecule has 0 atom stereocenters. The summed E-state index contributed by atoms with van der Waals surface area (Å²) in [5.41, 5.74) is -1.61. The third kappa shape index (κ3) is 7.67. The Labute approximate surface area is 211 Å². The van der Waals surface area contributed by atoms with E-state index in [-0.39, 0.29) is 30.1 Å². The molecule has 0 unspecified atom stereocenters. The average Bonchev–Trinajstić information content (AvgIpc) is 2.86. The zero-order valence-electron chi connectivity index (χ0n) is 18.8. The van der Waals surface area contributed by atoms with Crippen molar-refractivity contribution in [2.45, 2.75) is 16.2 Å². The third-order valence-electron chi connectivity index (χ3n) is 4.24. The SMILES string of the molecule is COC(=[NH2+])CCOC(=O)c1cc(SSc2ccc([N+](=O)[O-])c(C(=O)OC(=[NH2+])OC)c2)ccc1[N+](=O)[O-]. The number of hydrogen-bond acceptors (Lipinski definition) is 12. The molecule has 190 valence electrons. The van der Waals surface area contributed by atoms with Crippen LogP contribution in [0.15, 0.2) is 46.2 Å². The number of hydrogen-bond donors (Lipinski definition) is 2. The van der Waals surface area contributed by atoms with Gasteiger partial charge >= 0.3 is 23.9 Å². The molecule has 0 radical (unpaired) electrons. The van der Waals surface area contributed by atoms with Crippen LogP contribution in [0.4, 0.5) is 11.4 Å². The summed E-state index contributed by atoms with van der Waals surface area (Å²) in [5.74, 6) is -1.89. The minimum absolute atomic E-state index is 0.110. The van der Waals surface area contributed by atoms with Gasteiger partial charge in [-0.2, -0.15) is 5.41 Å². The van der Waals surface area contributed by atoms with E-state index in [1.807, 2.05) is 0 Å². The zero-order valence-corrected chi connectivity index (χ0v) is 20.5. The first-order valence-electron chi connectivity index (χ1n) is 9.69. The minimum atomic E-state index is -1.10. The lowest BCUT2D eigenvalue weighted by Gasteiger charge is -2.08. The van der Waals surface area contributed by atoms with E-state index in [4.69, 9.17) is 25.0 Å². The quantitative estimate of drug-likeness (QED) is 0.106. The Hall–Kier alpha value is -4.18. The van der Waals surface area contributed by atoms with Crippen molar-refractivity contribution in [3.8, 4) is 0 Å². The van der Waals surface area contributed by atoms with Gasteiger partial charge in [-0.15, -0.1) is 0 Å². The van der Waals surface area contributed by atoms with Crippen molar-refractivity contribution in [3.05, 3.63) is 67.8 Å². The highest BCUT2D eigenvalue weighted by Gasteiger charge is 2.26. The van der Waals surface area contributed by atoms with Crippen molar-refractivity contribution in [2.75, 3.05) is 20.8 Å². The number of esters is 2. The number of nitro benzene ring substituents is 2. The highest BCUT2D eigenvalue weighted by Crippen LogP contribution is 2.40. The van der Waals surface area contributed by atoms with Crippen LogP contribution in [0, 0.1) is 20.2 Å². The molecule has 0 spiro atoms. The molecule has 0 aliphatic rings. The van der Waals surface area contributed by atoms with Gasteiger partial charge in [0.1, 0.15) is 24.2 Å². The summed E-state index contributed by atoms with van der Waals surface area (Å²) in [6, 6.07) is 7.57. The van der Waals surface area contributed by atoms with Crippen LogP contribution in [-0.4, -0.2) is 54.6 Å². The van der Waals surface area contributed by atoms with E-state index < -0.39 is 39.2 Å². The molecule has 0 amide bonds. The summed E-state index contributed by atoms with van der Waals surface area (Å²) in [5, 5.41) is 33.4. The predicted octanol–water partition coefficient (Wildman–Crippen LogP) is 0.572. The maximum atomic E-state index is 12.4. The maximum absolute atomic E-state index is 12.4. The standard InChI is InChI=1S/C20H18N4O10S2/c1-31-17(21)7-8-33-18(25)13-9-11(3-5-15(13)23(27)28)35-36-12-4-6-16(24(29)30)14(10-12)19(26)34-20(22)32-2/h3-6,9-10,21-22H,7-8H2,1-2H3/p+2. The molecule has 2 rings (SSSR count). The first-order chi connectivity index (χ1) is 17.1. The number of nitrogens with two attached hydrogens (primary N) is 2.